The highest BCUT2D eigenvalue weighted by atomic mass is 32.2. The minimum atomic E-state index is -4.62. The van der Waals surface area contributed by atoms with Crippen LogP contribution in [-0.4, -0.2) is 26.1 Å². The van der Waals surface area contributed by atoms with Crippen molar-refractivity contribution < 1.29 is 21.6 Å². The molecule has 0 bridgehead atoms. The SMILES string of the molecule is Nc1ccc(NS(=O)(=O)NCC(F)(F)F)cn1. The van der Waals surface area contributed by atoms with Crippen molar-refractivity contribution in [3.8, 4) is 0 Å². The summed E-state index contributed by atoms with van der Waals surface area (Å²) >= 11 is 0. The number of hydrogen-bond acceptors (Lipinski definition) is 4. The van der Waals surface area contributed by atoms with E-state index in [1.165, 1.54) is 16.9 Å². The van der Waals surface area contributed by atoms with E-state index in [1.54, 1.807) is 0 Å². The number of nitrogens with two attached hydrogens (primary N) is 1. The molecule has 0 saturated heterocycles. The predicted octanol–water partition coefficient (Wildman–Crippen LogP) is 0.472. The lowest BCUT2D eigenvalue weighted by Gasteiger charge is -2.10. The van der Waals surface area contributed by atoms with Gasteiger partial charge in [0.2, 0.25) is 0 Å². The largest absolute Gasteiger partial charge is 0.402 e. The summed E-state index contributed by atoms with van der Waals surface area (Å²) in [6, 6.07) is 2.58. The van der Waals surface area contributed by atoms with E-state index >= 15 is 0 Å². The van der Waals surface area contributed by atoms with Crippen LogP contribution in [0.25, 0.3) is 0 Å². The number of alkyl halides is 3. The van der Waals surface area contributed by atoms with Gasteiger partial charge in [0.15, 0.2) is 0 Å². The molecule has 6 nitrogen and oxygen atoms in total. The van der Waals surface area contributed by atoms with Crippen LogP contribution in [0, 0.1) is 0 Å². The number of halogens is 3. The van der Waals surface area contributed by atoms with E-state index in [9.17, 15) is 21.6 Å². The highest BCUT2D eigenvalue weighted by Gasteiger charge is 2.29. The zero-order valence-corrected chi connectivity index (χ0v) is 9.14. The van der Waals surface area contributed by atoms with Crippen molar-refractivity contribution in [1.29, 1.82) is 0 Å². The first-order valence-corrected chi connectivity index (χ1v) is 5.72. The molecule has 0 aliphatic heterocycles. The minimum absolute atomic E-state index is 0.00822. The maximum Gasteiger partial charge on any atom is 0.402 e. The molecule has 0 radical (unpaired) electrons. The highest BCUT2D eigenvalue weighted by Crippen LogP contribution is 2.13. The van der Waals surface area contributed by atoms with E-state index in [1.807, 2.05) is 4.72 Å². The molecule has 1 heterocycles. The lowest BCUT2D eigenvalue weighted by molar-refractivity contribution is -0.121. The van der Waals surface area contributed by atoms with Crippen LogP contribution in [0.1, 0.15) is 0 Å². The van der Waals surface area contributed by atoms with Gasteiger partial charge in [0, 0.05) is 0 Å². The Kier molecular flexibility index (Phi) is 3.78. The number of nitrogen functional groups attached to an aromatic ring is 1. The van der Waals surface area contributed by atoms with E-state index in [0.717, 1.165) is 6.20 Å². The van der Waals surface area contributed by atoms with Crippen LogP contribution in [0.4, 0.5) is 24.7 Å². The molecule has 0 amide bonds. The third kappa shape index (κ3) is 5.36. The van der Waals surface area contributed by atoms with E-state index in [2.05, 4.69) is 4.98 Å². The average molecular weight is 270 g/mol. The summed E-state index contributed by atoms with van der Waals surface area (Å²) in [6.07, 6.45) is -3.53. The number of nitrogens with one attached hydrogen (secondary N) is 2. The summed E-state index contributed by atoms with van der Waals surface area (Å²) in [4.78, 5) is 3.57. The first kappa shape index (κ1) is 13.5. The summed E-state index contributed by atoms with van der Waals surface area (Å²) in [5, 5.41) is 0. The van der Waals surface area contributed by atoms with Crippen LogP contribution in [-0.2, 0) is 10.2 Å². The zero-order valence-electron chi connectivity index (χ0n) is 8.32. The van der Waals surface area contributed by atoms with Crippen LogP contribution in [0.15, 0.2) is 18.3 Å². The number of aromatic nitrogens is 1. The van der Waals surface area contributed by atoms with Gasteiger partial charge in [-0.1, -0.05) is 0 Å². The maximum atomic E-state index is 11.8. The van der Waals surface area contributed by atoms with Gasteiger partial charge in [0.25, 0.3) is 10.2 Å². The summed E-state index contributed by atoms with van der Waals surface area (Å²) in [5.41, 5.74) is 5.26. The fourth-order valence-electron chi connectivity index (χ4n) is 0.834. The minimum Gasteiger partial charge on any atom is -0.384 e. The quantitative estimate of drug-likeness (QED) is 0.741. The van der Waals surface area contributed by atoms with Crippen LogP contribution < -0.4 is 15.2 Å². The van der Waals surface area contributed by atoms with Crippen molar-refractivity contribution in [2.24, 2.45) is 0 Å². The van der Waals surface area contributed by atoms with Gasteiger partial charge in [-0.3, -0.25) is 4.72 Å². The highest BCUT2D eigenvalue weighted by molar-refractivity contribution is 7.90. The molecule has 1 aromatic rings. The summed E-state index contributed by atoms with van der Waals surface area (Å²) < 4.78 is 60.9. The number of pyridine rings is 1. The van der Waals surface area contributed by atoms with Crippen molar-refractivity contribution in [1.82, 2.24) is 9.71 Å². The molecule has 96 valence electrons. The Bertz CT molecular complexity index is 471. The van der Waals surface area contributed by atoms with E-state index in [4.69, 9.17) is 5.73 Å². The van der Waals surface area contributed by atoms with Crippen molar-refractivity contribution in [3.05, 3.63) is 18.3 Å². The lowest BCUT2D eigenvalue weighted by atomic mass is 10.4. The Labute approximate surface area is 95.2 Å². The van der Waals surface area contributed by atoms with Crippen LogP contribution in [0.5, 0.6) is 0 Å². The molecule has 4 N–H and O–H groups in total. The molecular formula is C7H9F3N4O2S. The standard InChI is InChI=1S/C7H9F3N4O2S/c8-7(9,10)4-13-17(15,16)14-5-1-2-6(11)12-3-5/h1-3,13-14H,4H2,(H2,11,12). The third-order valence-corrected chi connectivity index (χ3v) is 2.53. The Morgan fingerprint density at radius 2 is 2.00 bits per heavy atom. The van der Waals surface area contributed by atoms with Gasteiger partial charge < -0.3 is 5.73 Å². The molecule has 0 fully saturated rings. The van der Waals surface area contributed by atoms with E-state index < -0.39 is 22.9 Å². The van der Waals surface area contributed by atoms with Crippen LogP contribution >= 0.6 is 0 Å². The molecule has 0 spiro atoms. The van der Waals surface area contributed by atoms with Gasteiger partial charge >= 0.3 is 6.18 Å². The molecule has 0 unspecified atom stereocenters. The zero-order chi connectivity index (χ0) is 13.1. The van der Waals surface area contributed by atoms with Gasteiger partial charge in [0.05, 0.1) is 11.9 Å². The molecule has 0 aromatic carbocycles. The fourth-order valence-corrected chi connectivity index (χ4v) is 1.69. The van der Waals surface area contributed by atoms with Crippen LogP contribution in [0.3, 0.4) is 0 Å². The number of anilines is 2. The Balaban J connectivity index is 2.64. The maximum absolute atomic E-state index is 11.8. The Hall–Kier alpha value is -1.55. The molecule has 10 heteroatoms. The molecule has 0 aliphatic carbocycles. The smallest absolute Gasteiger partial charge is 0.384 e. The second-order valence-corrected chi connectivity index (χ2v) is 4.51. The predicted molar refractivity (Wildman–Crippen MR) is 55.2 cm³/mol. The molecule has 1 aromatic heterocycles. The van der Waals surface area contributed by atoms with Crippen molar-refractivity contribution in [2.45, 2.75) is 6.18 Å². The van der Waals surface area contributed by atoms with Gasteiger partial charge in [-0.15, -0.1) is 0 Å². The first-order chi connectivity index (χ1) is 7.68. The summed E-state index contributed by atoms with van der Waals surface area (Å²) in [6.45, 7) is -1.65. The summed E-state index contributed by atoms with van der Waals surface area (Å²) in [7, 11) is -4.28. The van der Waals surface area contributed by atoms with Gasteiger partial charge in [0.1, 0.15) is 12.4 Å². The Morgan fingerprint density at radius 3 is 2.47 bits per heavy atom. The molecule has 0 aliphatic rings. The number of nitrogens with zero attached hydrogens (tertiary/aromatic N) is 1. The monoisotopic (exact) mass is 270 g/mol. The fraction of sp³-hybridized carbons (Fsp3) is 0.286. The topological polar surface area (TPSA) is 97.1 Å². The van der Waals surface area contributed by atoms with Gasteiger partial charge in [-0.2, -0.15) is 26.3 Å². The number of hydrogen-bond donors (Lipinski definition) is 3. The molecule has 1 rings (SSSR count). The van der Waals surface area contributed by atoms with Gasteiger partial charge in [-0.05, 0) is 12.1 Å². The van der Waals surface area contributed by atoms with Gasteiger partial charge in [-0.25, -0.2) is 4.98 Å². The molecule has 0 saturated carbocycles. The third-order valence-electron chi connectivity index (χ3n) is 1.50. The molecule has 0 atom stereocenters. The second kappa shape index (κ2) is 4.75. The Morgan fingerprint density at radius 1 is 1.35 bits per heavy atom. The van der Waals surface area contributed by atoms with E-state index in [-0.39, 0.29) is 11.5 Å². The lowest BCUT2D eigenvalue weighted by Crippen LogP contribution is -2.37. The van der Waals surface area contributed by atoms with Crippen molar-refractivity contribution in [3.63, 3.8) is 0 Å². The normalized spacial score (nSPS) is 12.4. The summed E-state index contributed by atoms with van der Waals surface area (Å²) in [5.74, 6) is 0.163. The first-order valence-electron chi connectivity index (χ1n) is 4.24. The van der Waals surface area contributed by atoms with Crippen molar-refractivity contribution >= 4 is 21.7 Å². The van der Waals surface area contributed by atoms with E-state index in [0.29, 0.717) is 0 Å². The second-order valence-electron chi connectivity index (χ2n) is 3.01. The van der Waals surface area contributed by atoms with Crippen molar-refractivity contribution in [2.75, 3.05) is 17.0 Å². The molecular weight excluding hydrogens is 261 g/mol. The molecule has 17 heavy (non-hydrogen) atoms. The average Bonchev–Trinajstić information content (AvgIpc) is 2.18. The van der Waals surface area contributed by atoms with Crippen LogP contribution in [0.2, 0.25) is 0 Å². The number of rotatable bonds is 4.